The van der Waals surface area contributed by atoms with E-state index < -0.39 is 0 Å². The first-order valence-electron chi connectivity index (χ1n) is 10.1. The fourth-order valence-corrected chi connectivity index (χ4v) is 3.89. The molecule has 144 valence electrons. The molecule has 1 saturated heterocycles. The number of fused-ring (bicyclic) bond motifs is 1. The van der Waals surface area contributed by atoms with Gasteiger partial charge in [0.05, 0.1) is 16.8 Å². The highest BCUT2D eigenvalue weighted by atomic mass is 16.2. The SMILES string of the molecule is CCc1ncc(-c2cc(C(=O)N3CCCC[C@H]3C)c3ccc(C)cc3n2)cn1. The highest BCUT2D eigenvalue weighted by molar-refractivity contribution is 6.07. The molecule has 0 N–H and O–H groups in total. The van der Waals surface area contributed by atoms with Gasteiger partial charge in [0.25, 0.3) is 5.91 Å². The maximum Gasteiger partial charge on any atom is 0.254 e. The lowest BCUT2D eigenvalue weighted by Crippen LogP contribution is -2.42. The van der Waals surface area contributed by atoms with Gasteiger partial charge in [-0.15, -0.1) is 0 Å². The molecule has 1 aromatic carbocycles. The minimum Gasteiger partial charge on any atom is -0.336 e. The number of likely N-dealkylation sites (tertiary alicyclic amines) is 1. The standard InChI is InChI=1S/C23H26N4O/c1-4-22-24-13-17(14-25-22)20-12-19(18-9-8-15(2)11-21(18)26-20)23(28)27-10-6-5-7-16(27)3/h8-9,11-14,16H,4-7,10H2,1-3H3/t16-/m1/s1. The lowest BCUT2D eigenvalue weighted by Gasteiger charge is -2.33. The molecule has 28 heavy (non-hydrogen) atoms. The highest BCUT2D eigenvalue weighted by Crippen LogP contribution is 2.28. The number of benzene rings is 1. The molecule has 3 aromatic rings. The summed E-state index contributed by atoms with van der Waals surface area (Å²) in [6, 6.07) is 8.27. The first kappa shape index (κ1) is 18.5. The molecule has 0 aliphatic carbocycles. The maximum atomic E-state index is 13.5. The number of carbonyl (C=O) groups excluding carboxylic acids is 1. The molecular weight excluding hydrogens is 348 g/mol. The molecule has 5 nitrogen and oxygen atoms in total. The molecule has 0 unspecified atom stereocenters. The molecule has 2 aromatic heterocycles. The number of carbonyl (C=O) groups is 1. The third kappa shape index (κ3) is 3.49. The Bertz CT molecular complexity index is 1010. The molecule has 1 aliphatic heterocycles. The van der Waals surface area contributed by atoms with E-state index in [1.165, 1.54) is 6.42 Å². The molecule has 3 heterocycles. The molecule has 5 heteroatoms. The van der Waals surface area contributed by atoms with Crippen LogP contribution in [0.1, 0.15) is 54.9 Å². The Labute approximate surface area is 165 Å². The summed E-state index contributed by atoms with van der Waals surface area (Å²) in [5.74, 6) is 0.898. The van der Waals surface area contributed by atoms with Crippen LogP contribution in [0.3, 0.4) is 0 Å². The van der Waals surface area contributed by atoms with Gasteiger partial charge < -0.3 is 4.90 Å². The lowest BCUT2D eigenvalue weighted by atomic mass is 9.99. The monoisotopic (exact) mass is 374 g/mol. The van der Waals surface area contributed by atoms with Gasteiger partial charge >= 0.3 is 0 Å². The fourth-order valence-electron chi connectivity index (χ4n) is 3.89. The zero-order chi connectivity index (χ0) is 19.7. The van der Waals surface area contributed by atoms with Crippen molar-refractivity contribution in [3.63, 3.8) is 0 Å². The molecule has 1 atom stereocenters. The van der Waals surface area contributed by atoms with Gasteiger partial charge in [-0.25, -0.2) is 15.0 Å². The predicted molar refractivity (Wildman–Crippen MR) is 111 cm³/mol. The van der Waals surface area contributed by atoms with E-state index in [2.05, 4.69) is 16.9 Å². The van der Waals surface area contributed by atoms with Crippen LogP contribution in [0, 0.1) is 6.92 Å². The molecule has 0 spiro atoms. The first-order valence-corrected chi connectivity index (χ1v) is 10.1. The molecule has 1 amide bonds. The normalized spacial score (nSPS) is 17.1. The van der Waals surface area contributed by atoms with Crippen molar-refractivity contribution in [3.05, 3.63) is 53.6 Å². The fraction of sp³-hybridized carbons (Fsp3) is 0.391. The van der Waals surface area contributed by atoms with Gasteiger partial charge in [-0.1, -0.05) is 19.1 Å². The minimum absolute atomic E-state index is 0.0933. The van der Waals surface area contributed by atoms with E-state index in [9.17, 15) is 4.79 Å². The molecular formula is C23H26N4O. The van der Waals surface area contributed by atoms with Crippen molar-refractivity contribution in [2.75, 3.05) is 6.54 Å². The summed E-state index contributed by atoms with van der Waals surface area (Å²) in [7, 11) is 0. The number of pyridine rings is 1. The Morgan fingerprint density at radius 2 is 1.96 bits per heavy atom. The van der Waals surface area contributed by atoms with E-state index in [0.29, 0.717) is 5.56 Å². The van der Waals surface area contributed by atoms with Gasteiger partial charge in [0.1, 0.15) is 5.82 Å². The van der Waals surface area contributed by atoms with Crippen LogP contribution in [-0.2, 0) is 6.42 Å². The number of nitrogens with zero attached hydrogens (tertiary/aromatic N) is 4. The number of amides is 1. The Morgan fingerprint density at radius 3 is 2.68 bits per heavy atom. The number of hydrogen-bond donors (Lipinski definition) is 0. The third-order valence-corrected chi connectivity index (χ3v) is 5.58. The van der Waals surface area contributed by atoms with Crippen molar-refractivity contribution >= 4 is 16.8 Å². The van der Waals surface area contributed by atoms with E-state index in [1.807, 2.05) is 43.0 Å². The summed E-state index contributed by atoms with van der Waals surface area (Å²) in [6.45, 7) is 7.03. The van der Waals surface area contributed by atoms with Crippen LogP contribution < -0.4 is 0 Å². The number of piperidine rings is 1. The van der Waals surface area contributed by atoms with Gasteiger partial charge in [-0.3, -0.25) is 4.79 Å². The number of hydrogen-bond acceptors (Lipinski definition) is 4. The van der Waals surface area contributed by atoms with Crippen molar-refractivity contribution in [2.24, 2.45) is 0 Å². The van der Waals surface area contributed by atoms with Crippen LogP contribution in [0.15, 0.2) is 36.7 Å². The largest absolute Gasteiger partial charge is 0.336 e. The smallest absolute Gasteiger partial charge is 0.254 e. The van der Waals surface area contributed by atoms with Gasteiger partial charge in [0.15, 0.2) is 0 Å². The second kappa shape index (κ2) is 7.66. The number of aromatic nitrogens is 3. The average Bonchev–Trinajstić information content (AvgIpc) is 2.72. The lowest BCUT2D eigenvalue weighted by molar-refractivity contribution is 0.0637. The van der Waals surface area contributed by atoms with Crippen molar-refractivity contribution in [1.29, 1.82) is 0 Å². The van der Waals surface area contributed by atoms with Crippen molar-refractivity contribution in [1.82, 2.24) is 19.9 Å². The molecule has 0 bridgehead atoms. The van der Waals surface area contributed by atoms with Crippen LogP contribution >= 0.6 is 0 Å². The third-order valence-electron chi connectivity index (χ3n) is 5.58. The van der Waals surface area contributed by atoms with E-state index in [4.69, 9.17) is 4.98 Å². The van der Waals surface area contributed by atoms with E-state index in [0.717, 1.165) is 59.4 Å². The summed E-state index contributed by atoms with van der Waals surface area (Å²) in [4.78, 5) is 29.1. The van der Waals surface area contributed by atoms with Crippen LogP contribution in [0.2, 0.25) is 0 Å². The van der Waals surface area contributed by atoms with Gasteiger partial charge in [-0.05, 0) is 50.8 Å². The Hall–Kier alpha value is -2.82. The first-order chi connectivity index (χ1) is 13.6. The molecule has 4 rings (SSSR count). The topological polar surface area (TPSA) is 59.0 Å². The Kier molecular flexibility index (Phi) is 5.07. The van der Waals surface area contributed by atoms with Crippen LogP contribution in [0.5, 0.6) is 0 Å². The van der Waals surface area contributed by atoms with Gasteiger partial charge in [0.2, 0.25) is 0 Å². The van der Waals surface area contributed by atoms with Gasteiger partial charge in [-0.2, -0.15) is 0 Å². The zero-order valence-corrected chi connectivity index (χ0v) is 16.8. The molecule has 1 fully saturated rings. The van der Waals surface area contributed by atoms with Gasteiger partial charge in [0, 0.05) is 42.4 Å². The molecule has 0 saturated carbocycles. The zero-order valence-electron chi connectivity index (χ0n) is 16.8. The predicted octanol–water partition coefficient (Wildman–Crippen LogP) is 4.58. The molecule has 0 radical (unpaired) electrons. The maximum absolute atomic E-state index is 13.5. The van der Waals surface area contributed by atoms with E-state index >= 15 is 0 Å². The summed E-state index contributed by atoms with van der Waals surface area (Å²) in [5.41, 5.74) is 4.26. The van der Waals surface area contributed by atoms with E-state index in [1.54, 1.807) is 12.4 Å². The second-order valence-corrected chi connectivity index (χ2v) is 7.66. The summed E-state index contributed by atoms with van der Waals surface area (Å²) in [5, 5.41) is 0.906. The average molecular weight is 374 g/mol. The quantitative estimate of drug-likeness (QED) is 0.673. The molecule has 1 aliphatic rings. The Morgan fingerprint density at radius 1 is 1.18 bits per heavy atom. The summed E-state index contributed by atoms with van der Waals surface area (Å²) in [6.07, 6.45) is 7.71. The second-order valence-electron chi connectivity index (χ2n) is 7.66. The number of rotatable bonds is 3. The summed E-state index contributed by atoms with van der Waals surface area (Å²) < 4.78 is 0. The van der Waals surface area contributed by atoms with E-state index in [-0.39, 0.29) is 11.9 Å². The van der Waals surface area contributed by atoms with Crippen LogP contribution in [-0.4, -0.2) is 38.3 Å². The number of aryl methyl sites for hydroxylation is 2. The Balaban J connectivity index is 1.84. The summed E-state index contributed by atoms with van der Waals surface area (Å²) >= 11 is 0. The highest BCUT2D eigenvalue weighted by Gasteiger charge is 2.26. The van der Waals surface area contributed by atoms with Crippen LogP contribution in [0.4, 0.5) is 0 Å². The van der Waals surface area contributed by atoms with Crippen LogP contribution in [0.25, 0.3) is 22.2 Å². The van der Waals surface area contributed by atoms with Crippen molar-refractivity contribution < 1.29 is 4.79 Å². The van der Waals surface area contributed by atoms with Crippen molar-refractivity contribution in [3.8, 4) is 11.3 Å². The van der Waals surface area contributed by atoms with Crippen molar-refractivity contribution in [2.45, 2.75) is 52.5 Å². The minimum atomic E-state index is 0.0933.